The van der Waals surface area contributed by atoms with Crippen LogP contribution in [0.15, 0.2) is 66.1 Å². The highest BCUT2D eigenvalue weighted by atomic mass is 16.5. The van der Waals surface area contributed by atoms with Crippen molar-refractivity contribution in [2.45, 2.75) is 6.42 Å². The molecule has 1 aromatic carbocycles. The highest BCUT2D eigenvalue weighted by molar-refractivity contribution is 5.56. The molecule has 0 aliphatic heterocycles. The van der Waals surface area contributed by atoms with Gasteiger partial charge in [-0.25, -0.2) is 14.6 Å². The van der Waals surface area contributed by atoms with Gasteiger partial charge in [0.05, 0.1) is 31.4 Å². The van der Waals surface area contributed by atoms with Crippen LogP contribution in [-0.4, -0.2) is 49.9 Å². The van der Waals surface area contributed by atoms with E-state index in [-0.39, 0.29) is 5.43 Å². The van der Waals surface area contributed by atoms with Gasteiger partial charge in [-0.05, 0) is 11.6 Å². The third-order valence-electron chi connectivity index (χ3n) is 4.58. The van der Waals surface area contributed by atoms with Gasteiger partial charge >= 0.3 is 0 Å². The molecule has 0 aliphatic rings. The molecule has 158 valence electrons. The quantitative estimate of drug-likeness (QED) is 0.404. The molecule has 3 heterocycles. The van der Waals surface area contributed by atoms with Gasteiger partial charge in [0.25, 0.3) is 0 Å². The zero-order valence-electron chi connectivity index (χ0n) is 17.3. The Hall–Kier alpha value is -3.85. The number of aromatic nitrogens is 6. The molecule has 0 amide bonds. The zero-order chi connectivity index (χ0) is 21.6. The van der Waals surface area contributed by atoms with E-state index in [4.69, 9.17) is 9.47 Å². The van der Waals surface area contributed by atoms with E-state index in [1.165, 1.54) is 6.07 Å². The van der Waals surface area contributed by atoms with E-state index in [0.717, 1.165) is 16.8 Å². The van der Waals surface area contributed by atoms with Gasteiger partial charge in [0.1, 0.15) is 18.0 Å². The molecule has 4 rings (SSSR count). The lowest BCUT2D eigenvalue weighted by molar-refractivity contribution is 0.146. The van der Waals surface area contributed by atoms with Crippen LogP contribution in [-0.2, 0) is 18.2 Å². The van der Waals surface area contributed by atoms with Crippen LogP contribution in [0, 0.1) is 0 Å². The zero-order valence-corrected chi connectivity index (χ0v) is 17.3. The number of aryl methyl sites for hydroxylation is 1. The maximum Gasteiger partial charge on any atom is 0.203 e. The number of benzene rings is 1. The Balaban J connectivity index is 1.53. The fourth-order valence-electron chi connectivity index (χ4n) is 3.04. The second-order valence-corrected chi connectivity index (χ2v) is 6.90. The predicted octanol–water partition coefficient (Wildman–Crippen LogP) is 2.04. The fraction of sp³-hybridized carbons (Fsp3) is 0.227. The third-order valence-corrected chi connectivity index (χ3v) is 4.58. The van der Waals surface area contributed by atoms with Crippen LogP contribution in [0.4, 0.5) is 0 Å². The number of hydrogen-bond acceptors (Lipinski definition) is 7. The summed E-state index contributed by atoms with van der Waals surface area (Å²) in [5, 5.41) is 8.64. The molecule has 0 aliphatic carbocycles. The van der Waals surface area contributed by atoms with Gasteiger partial charge in [-0.3, -0.25) is 9.48 Å². The summed E-state index contributed by atoms with van der Waals surface area (Å²) >= 11 is 0. The minimum atomic E-state index is -0.112. The van der Waals surface area contributed by atoms with E-state index in [1.807, 2.05) is 37.5 Å². The summed E-state index contributed by atoms with van der Waals surface area (Å²) in [6.07, 6.45) is 8.84. The van der Waals surface area contributed by atoms with Crippen LogP contribution in [0.5, 0.6) is 5.75 Å². The summed E-state index contributed by atoms with van der Waals surface area (Å²) in [6, 6.07) is 9.28. The summed E-state index contributed by atoms with van der Waals surface area (Å²) in [6.45, 7) is 0.940. The van der Waals surface area contributed by atoms with E-state index in [2.05, 4.69) is 20.2 Å². The van der Waals surface area contributed by atoms with Gasteiger partial charge in [-0.15, -0.1) is 0 Å². The first-order valence-corrected chi connectivity index (χ1v) is 9.73. The molecule has 0 N–H and O–H groups in total. The second-order valence-electron chi connectivity index (χ2n) is 6.90. The lowest BCUT2D eigenvalue weighted by Gasteiger charge is -2.08. The minimum Gasteiger partial charge on any atom is -0.488 e. The number of methoxy groups -OCH3 is 1. The molecule has 0 fully saturated rings. The SMILES string of the molecule is COCCOc1cnc(-c2cccc(Cc3nn(-c4cnn(C)c4)ccc3=O)c2)nc1. The molecule has 0 saturated carbocycles. The Morgan fingerprint density at radius 2 is 1.90 bits per heavy atom. The molecule has 0 saturated heterocycles. The fourth-order valence-corrected chi connectivity index (χ4v) is 3.04. The first-order valence-electron chi connectivity index (χ1n) is 9.73. The first kappa shape index (κ1) is 20.4. The van der Waals surface area contributed by atoms with E-state index in [0.29, 0.717) is 36.9 Å². The van der Waals surface area contributed by atoms with Gasteiger partial charge in [0, 0.05) is 38.4 Å². The summed E-state index contributed by atoms with van der Waals surface area (Å²) in [7, 11) is 3.45. The molecule has 0 radical (unpaired) electrons. The summed E-state index contributed by atoms with van der Waals surface area (Å²) in [5.74, 6) is 1.16. The van der Waals surface area contributed by atoms with Gasteiger partial charge in [-0.1, -0.05) is 18.2 Å². The average Bonchev–Trinajstić information content (AvgIpc) is 3.22. The van der Waals surface area contributed by atoms with E-state index in [9.17, 15) is 4.79 Å². The van der Waals surface area contributed by atoms with Gasteiger partial charge < -0.3 is 9.47 Å². The molecule has 0 bridgehead atoms. The van der Waals surface area contributed by atoms with Crippen molar-refractivity contribution >= 4 is 0 Å². The van der Waals surface area contributed by atoms with Crippen LogP contribution < -0.4 is 10.2 Å². The molecule has 9 nitrogen and oxygen atoms in total. The molecule has 31 heavy (non-hydrogen) atoms. The lowest BCUT2D eigenvalue weighted by atomic mass is 10.1. The van der Waals surface area contributed by atoms with Crippen molar-refractivity contribution in [2.75, 3.05) is 20.3 Å². The first-order chi connectivity index (χ1) is 15.1. The second kappa shape index (κ2) is 9.31. The van der Waals surface area contributed by atoms with Crippen LogP contribution in [0.1, 0.15) is 11.3 Å². The average molecular weight is 418 g/mol. The molecule has 0 atom stereocenters. The van der Waals surface area contributed by atoms with E-state index >= 15 is 0 Å². The van der Waals surface area contributed by atoms with Crippen molar-refractivity contribution in [2.24, 2.45) is 7.05 Å². The molecule has 0 unspecified atom stereocenters. The van der Waals surface area contributed by atoms with Crippen molar-refractivity contribution in [3.63, 3.8) is 0 Å². The van der Waals surface area contributed by atoms with Crippen LogP contribution >= 0.6 is 0 Å². The van der Waals surface area contributed by atoms with Crippen molar-refractivity contribution in [1.29, 1.82) is 0 Å². The largest absolute Gasteiger partial charge is 0.488 e. The predicted molar refractivity (Wildman–Crippen MR) is 114 cm³/mol. The number of ether oxygens (including phenoxy) is 2. The monoisotopic (exact) mass is 418 g/mol. The maximum atomic E-state index is 12.4. The Morgan fingerprint density at radius 3 is 2.65 bits per heavy atom. The summed E-state index contributed by atoms with van der Waals surface area (Å²) < 4.78 is 13.8. The Morgan fingerprint density at radius 1 is 1.06 bits per heavy atom. The van der Waals surface area contributed by atoms with E-state index < -0.39 is 0 Å². The lowest BCUT2D eigenvalue weighted by Crippen LogP contribution is -2.16. The minimum absolute atomic E-state index is 0.112. The highest BCUT2D eigenvalue weighted by Crippen LogP contribution is 2.19. The molecule has 9 heteroatoms. The Kier molecular flexibility index (Phi) is 6.13. The maximum absolute atomic E-state index is 12.4. The normalized spacial score (nSPS) is 10.9. The molecule has 4 aromatic rings. The Bertz CT molecular complexity index is 1220. The van der Waals surface area contributed by atoms with Crippen molar-refractivity contribution < 1.29 is 9.47 Å². The third kappa shape index (κ3) is 5.01. The number of rotatable bonds is 8. The molecule has 0 spiro atoms. The highest BCUT2D eigenvalue weighted by Gasteiger charge is 2.09. The van der Waals surface area contributed by atoms with E-state index in [1.54, 1.807) is 41.3 Å². The standard InChI is InChI=1S/C22H22N6O3/c1-27-15-18(12-25-27)28-7-6-21(29)20(26-28)11-16-4-3-5-17(10-16)22-23-13-19(14-24-22)31-9-8-30-2/h3-7,10,12-15H,8-9,11H2,1-2H3. The van der Waals surface area contributed by atoms with Crippen LogP contribution in [0.2, 0.25) is 0 Å². The summed E-state index contributed by atoms with van der Waals surface area (Å²) in [5.41, 5.74) is 2.92. The molecular weight excluding hydrogens is 396 g/mol. The topological polar surface area (TPSA) is 97.0 Å². The van der Waals surface area contributed by atoms with Crippen molar-refractivity contribution in [3.8, 4) is 22.8 Å². The van der Waals surface area contributed by atoms with Gasteiger partial charge in [0.2, 0.25) is 5.43 Å². The van der Waals surface area contributed by atoms with Crippen molar-refractivity contribution in [3.05, 3.63) is 82.8 Å². The van der Waals surface area contributed by atoms with Crippen LogP contribution in [0.3, 0.4) is 0 Å². The molecule has 3 aromatic heterocycles. The van der Waals surface area contributed by atoms with Crippen LogP contribution in [0.25, 0.3) is 17.1 Å². The molecular formula is C22H22N6O3. The Labute approximate surface area is 178 Å². The van der Waals surface area contributed by atoms with Gasteiger partial charge in [-0.2, -0.15) is 10.2 Å². The smallest absolute Gasteiger partial charge is 0.203 e. The van der Waals surface area contributed by atoms with Crippen molar-refractivity contribution in [1.82, 2.24) is 29.5 Å². The number of nitrogens with zero attached hydrogens (tertiary/aromatic N) is 6. The summed E-state index contributed by atoms with van der Waals surface area (Å²) in [4.78, 5) is 21.1. The van der Waals surface area contributed by atoms with Gasteiger partial charge in [0.15, 0.2) is 11.6 Å². The number of hydrogen-bond donors (Lipinski definition) is 0.